The van der Waals surface area contributed by atoms with Gasteiger partial charge in [-0.1, -0.05) is 72.8 Å². The Bertz CT molecular complexity index is 2840. The molecule has 19 heteroatoms. The fraction of sp³-hybridized carbons (Fsp3) is 0.473. The number of imide groups is 1. The van der Waals surface area contributed by atoms with Gasteiger partial charge in [0, 0.05) is 44.5 Å². The number of aromatic nitrogens is 2. The number of hydrogen-bond donors (Lipinski definition) is 5. The number of piperidine rings is 1. The highest BCUT2D eigenvalue weighted by molar-refractivity contribution is 6.00. The molecule has 1 aromatic heterocycles. The van der Waals surface area contributed by atoms with Crippen LogP contribution in [0.2, 0.25) is 0 Å². The van der Waals surface area contributed by atoms with Gasteiger partial charge in [0.1, 0.15) is 29.8 Å². The molecule has 1 unspecified atom stereocenters. The molecule has 0 radical (unpaired) electrons. The number of hydrogen-bond acceptors (Lipinski definition) is 10. The third-order valence-electron chi connectivity index (χ3n) is 14.7. The number of alkyl carbamates (subject to hydrolysis) is 1. The predicted octanol–water partition coefficient (Wildman–Crippen LogP) is 4.32. The summed E-state index contributed by atoms with van der Waals surface area (Å²) in [4.78, 5) is 124. The van der Waals surface area contributed by atoms with Crippen LogP contribution in [0.15, 0.2) is 95.4 Å². The summed E-state index contributed by atoms with van der Waals surface area (Å²) in [6.45, 7) is 5.14. The minimum Gasteiger partial charge on any atom is -0.444 e. The summed E-state index contributed by atoms with van der Waals surface area (Å²) in [6.07, 6.45) is 5.90. The molecule has 4 atom stereocenters. The number of carbonyl (C=O) groups is 8. The van der Waals surface area contributed by atoms with Crippen molar-refractivity contribution in [3.63, 3.8) is 0 Å². The molecule has 2 saturated heterocycles. The molecule has 0 bridgehead atoms. The molecule has 8 rings (SSSR count). The fourth-order valence-electron chi connectivity index (χ4n) is 10.8. The predicted molar refractivity (Wildman–Crippen MR) is 273 cm³/mol. The van der Waals surface area contributed by atoms with E-state index >= 15 is 0 Å². The number of benzene rings is 3. The fourth-order valence-corrected chi connectivity index (χ4v) is 10.8. The smallest absolute Gasteiger partial charge is 0.408 e. The quantitative estimate of drug-likeness (QED) is 0.105. The van der Waals surface area contributed by atoms with Crippen LogP contribution in [-0.4, -0.2) is 103 Å². The number of nitrogens with one attached hydrogen (secondary N) is 4. The maximum Gasteiger partial charge on any atom is 0.408 e. The molecule has 19 nitrogen and oxygen atoms in total. The lowest BCUT2D eigenvalue weighted by atomic mass is 9.79. The molecule has 6 N–H and O–H groups in total. The highest BCUT2D eigenvalue weighted by atomic mass is 16.6. The van der Waals surface area contributed by atoms with Crippen molar-refractivity contribution in [2.24, 2.45) is 24.6 Å². The first-order valence-electron chi connectivity index (χ1n) is 25.7. The summed E-state index contributed by atoms with van der Waals surface area (Å²) in [5, 5.41) is 10.9. The van der Waals surface area contributed by atoms with Crippen molar-refractivity contribution >= 4 is 58.5 Å². The number of nitrogens with two attached hydrogens (primary N) is 1. The Hall–Kier alpha value is -7.57. The number of fused-ring (bicyclic) bond motifs is 2. The summed E-state index contributed by atoms with van der Waals surface area (Å²) >= 11 is 0. The third kappa shape index (κ3) is 12.3. The maximum atomic E-state index is 14.8. The molecule has 4 heterocycles. The van der Waals surface area contributed by atoms with Gasteiger partial charge in [-0.15, -0.1) is 0 Å². The van der Waals surface area contributed by atoms with E-state index in [1.807, 2.05) is 78.9 Å². The number of primary amides is 1. The van der Waals surface area contributed by atoms with Gasteiger partial charge in [-0.05, 0) is 113 Å². The first kappa shape index (κ1) is 52.7. The minimum absolute atomic E-state index is 0.101. The van der Waals surface area contributed by atoms with E-state index < -0.39 is 71.4 Å². The van der Waals surface area contributed by atoms with E-state index in [1.54, 1.807) is 38.8 Å². The first-order chi connectivity index (χ1) is 35.3. The Morgan fingerprint density at radius 2 is 1.51 bits per heavy atom. The maximum absolute atomic E-state index is 14.8. The zero-order chi connectivity index (χ0) is 52.8. The molecule has 1 saturated carbocycles. The topological polar surface area (TPSA) is 253 Å². The van der Waals surface area contributed by atoms with Crippen molar-refractivity contribution in [3.8, 4) is 0 Å². The van der Waals surface area contributed by atoms with E-state index in [0.717, 1.165) is 42.4 Å². The summed E-state index contributed by atoms with van der Waals surface area (Å²) in [7, 11) is 1.68. The normalized spacial score (nSPS) is 21.7. The number of rotatable bonds is 15. The van der Waals surface area contributed by atoms with Crippen LogP contribution in [0.1, 0.15) is 120 Å². The SMILES string of the molecule is Cn1c(=O)n(C2CCC(=O)NC2=O)c2ccc(CCC3CCC(C(=O)N4CCC5=CC[C@@H](C(=O)N[C@@H](CCC(N)=O)C(=O)NC(c6ccccc6)c6ccccc6)N5C(=O)[C@@H](NC(=O)OC(C)(C)C)C4)CC3)cc21. The number of ether oxygens (including phenoxy) is 1. The van der Waals surface area contributed by atoms with Crippen LogP contribution in [-0.2, 0) is 51.8 Å². The van der Waals surface area contributed by atoms with Crippen LogP contribution < -0.4 is 32.7 Å². The molecule has 1 aliphatic carbocycles. The number of amides is 8. The van der Waals surface area contributed by atoms with Gasteiger partial charge in [0.15, 0.2) is 0 Å². The Labute approximate surface area is 429 Å². The molecule has 3 aromatic carbocycles. The van der Waals surface area contributed by atoms with Gasteiger partial charge in [-0.2, -0.15) is 0 Å². The monoisotopic (exact) mass is 1010 g/mol. The van der Waals surface area contributed by atoms with Gasteiger partial charge in [0.2, 0.25) is 35.4 Å². The van der Waals surface area contributed by atoms with Crippen molar-refractivity contribution in [2.45, 2.75) is 134 Å². The van der Waals surface area contributed by atoms with E-state index in [1.165, 1.54) is 14.0 Å². The van der Waals surface area contributed by atoms with Crippen LogP contribution in [0.25, 0.3) is 11.0 Å². The molecule has 8 amide bonds. The lowest BCUT2D eigenvalue weighted by molar-refractivity contribution is -0.144. The molecule has 392 valence electrons. The summed E-state index contributed by atoms with van der Waals surface area (Å²) in [6, 6.07) is 19.5. The zero-order valence-corrected chi connectivity index (χ0v) is 42.5. The van der Waals surface area contributed by atoms with Gasteiger partial charge in [0.05, 0.1) is 23.6 Å². The highest BCUT2D eigenvalue weighted by Gasteiger charge is 2.44. The molecule has 3 aliphatic heterocycles. The molecular formula is C55H67N9O10. The van der Waals surface area contributed by atoms with Crippen LogP contribution in [0.4, 0.5) is 4.79 Å². The van der Waals surface area contributed by atoms with Crippen LogP contribution in [0.3, 0.4) is 0 Å². The number of nitrogens with zero attached hydrogens (tertiary/aromatic N) is 4. The average Bonchev–Trinajstić information content (AvgIpc) is 3.90. The third-order valence-corrected chi connectivity index (χ3v) is 14.7. The van der Waals surface area contributed by atoms with Crippen molar-refractivity contribution in [2.75, 3.05) is 13.1 Å². The second-order valence-electron chi connectivity index (χ2n) is 21.0. The van der Waals surface area contributed by atoms with Crippen molar-refractivity contribution in [1.29, 1.82) is 0 Å². The van der Waals surface area contributed by atoms with Gasteiger partial charge in [-0.3, -0.25) is 48.0 Å². The minimum atomic E-state index is -1.29. The molecule has 3 fully saturated rings. The van der Waals surface area contributed by atoms with Crippen LogP contribution >= 0.6 is 0 Å². The van der Waals surface area contributed by atoms with E-state index in [0.29, 0.717) is 35.5 Å². The second kappa shape index (κ2) is 22.7. The number of carbonyl (C=O) groups excluding carboxylic acids is 8. The Kier molecular flexibility index (Phi) is 16.2. The molecular weight excluding hydrogens is 947 g/mol. The standard InChI is InChI=1S/C55H67N9O10/c1-55(2,3)74-53(72)58-40-32-62(51(70)37-20-17-33(18-21-37)15-16-34-19-24-41-44(31-34)61(4)54(73)64(41)43-26-28-46(66)59-50(43)69)30-29-38-22-25-42(63(38)52(40)71)49(68)57-39(23-27-45(56)65)48(67)60-47(35-11-7-5-8-12-35)36-13-9-6-10-14-36/h5-14,19,22,24,31,33,37,39-40,42-43,47H,15-18,20-21,23,25-30,32H2,1-4H3,(H2,56,65)(H,57,68)(H,58,72)(H,60,67)(H,59,66,69)/t33?,37?,39-,40-,42-,43?/m0/s1. The van der Waals surface area contributed by atoms with Gasteiger partial charge in [0.25, 0.3) is 5.91 Å². The van der Waals surface area contributed by atoms with E-state index in [4.69, 9.17) is 10.5 Å². The zero-order valence-electron chi connectivity index (χ0n) is 42.5. The van der Waals surface area contributed by atoms with Crippen LogP contribution in [0, 0.1) is 11.8 Å². The van der Waals surface area contributed by atoms with Crippen molar-refractivity contribution in [1.82, 2.24) is 40.2 Å². The molecule has 0 spiro atoms. The van der Waals surface area contributed by atoms with Gasteiger partial charge >= 0.3 is 11.8 Å². The van der Waals surface area contributed by atoms with E-state index in [-0.39, 0.29) is 75.0 Å². The molecule has 4 aliphatic rings. The molecule has 74 heavy (non-hydrogen) atoms. The Morgan fingerprint density at radius 1 is 0.838 bits per heavy atom. The van der Waals surface area contributed by atoms with E-state index in [2.05, 4.69) is 21.3 Å². The Morgan fingerprint density at radius 3 is 2.15 bits per heavy atom. The number of aryl methyl sites for hydroxylation is 2. The largest absolute Gasteiger partial charge is 0.444 e. The second-order valence-corrected chi connectivity index (χ2v) is 21.0. The summed E-state index contributed by atoms with van der Waals surface area (Å²) in [5.74, 6) is -3.37. The Balaban J connectivity index is 0.922. The average molecular weight is 1010 g/mol. The lowest BCUT2D eigenvalue weighted by Crippen LogP contribution is -2.60. The molecule has 4 aromatic rings. The summed E-state index contributed by atoms with van der Waals surface area (Å²) < 4.78 is 8.57. The van der Waals surface area contributed by atoms with Gasteiger partial charge < -0.3 is 36.2 Å². The number of imidazole rings is 1. The first-order valence-corrected chi connectivity index (χ1v) is 25.7. The highest BCUT2D eigenvalue weighted by Crippen LogP contribution is 2.35. The van der Waals surface area contributed by atoms with Gasteiger partial charge in [-0.25, -0.2) is 9.59 Å². The lowest BCUT2D eigenvalue weighted by Gasteiger charge is -2.39. The summed E-state index contributed by atoms with van der Waals surface area (Å²) in [5.41, 5.74) is 8.79. The van der Waals surface area contributed by atoms with Crippen LogP contribution in [0.5, 0.6) is 0 Å². The van der Waals surface area contributed by atoms with Crippen molar-refractivity contribution < 1.29 is 43.1 Å². The van der Waals surface area contributed by atoms with E-state index in [9.17, 15) is 43.2 Å². The van der Waals surface area contributed by atoms with Crippen molar-refractivity contribution in [3.05, 3.63) is 118 Å².